The molecule has 0 aromatic carbocycles. The zero-order valence-corrected chi connectivity index (χ0v) is 12.7. The van der Waals surface area contributed by atoms with E-state index in [-0.39, 0.29) is 12.1 Å². The molecule has 0 saturated heterocycles. The van der Waals surface area contributed by atoms with Gasteiger partial charge in [-0.3, -0.25) is 4.90 Å². The highest BCUT2D eigenvalue weighted by Gasteiger charge is 2.43. The molecule has 0 bridgehead atoms. The van der Waals surface area contributed by atoms with E-state index >= 15 is 0 Å². The molecule has 0 amide bonds. The van der Waals surface area contributed by atoms with Gasteiger partial charge in [-0.15, -0.1) is 0 Å². The summed E-state index contributed by atoms with van der Waals surface area (Å²) in [4.78, 5) is 2.51. The van der Waals surface area contributed by atoms with Crippen LogP contribution < -0.4 is 5.73 Å². The number of rotatable bonds is 9. The van der Waals surface area contributed by atoms with Gasteiger partial charge in [0.05, 0.1) is 12.1 Å². The SMILES string of the molecule is CCC(CC)N(CC(C)C)CC(N)(CO)C1CC1. The zero-order chi connectivity index (χ0) is 13.8. The molecule has 0 aliphatic heterocycles. The second kappa shape index (κ2) is 6.88. The van der Waals surface area contributed by atoms with Crippen molar-refractivity contribution >= 4 is 0 Å². The van der Waals surface area contributed by atoms with Gasteiger partial charge in [-0.25, -0.2) is 0 Å². The lowest BCUT2D eigenvalue weighted by atomic mass is 9.93. The lowest BCUT2D eigenvalue weighted by Crippen LogP contribution is -2.57. The predicted molar refractivity (Wildman–Crippen MR) is 77.5 cm³/mol. The molecule has 108 valence electrons. The minimum Gasteiger partial charge on any atom is -0.394 e. The van der Waals surface area contributed by atoms with E-state index in [0.29, 0.717) is 17.9 Å². The number of nitrogens with zero attached hydrogens (tertiary/aromatic N) is 1. The van der Waals surface area contributed by atoms with Gasteiger partial charge in [0.1, 0.15) is 0 Å². The Morgan fingerprint density at radius 1 is 1.28 bits per heavy atom. The Balaban J connectivity index is 2.69. The topological polar surface area (TPSA) is 49.5 Å². The van der Waals surface area contributed by atoms with Crippen molar-refractivity contribution in [1.29, 1.82) is 0 Å². The number of nitrogens with two attached hydrogens (primary N) is 1. The van der Waals surface area contributed by atoms with Crippen LogP contribution in [0.25, 0.3) is 0 Å². The first-order chi connectivity index (χ1) is 8.46. The van der Waals surface area contributed by atoms with Gasteiger partial charge in [-0.1, -0.05) is 27.7 Å². The molecule has 1 fully saturated rings. The van der Waals surface area contributed by atoms with Crippen molar-refractivity contribution in [1.82, 2.24) is 4.90 Å². The molecule has 1 unspecified atom stereocenters. The molecule has 18 heavy (non-hydrogen) atoms. The Morgan fingerprint density at radius 2 is 1.83 bits per heavy atom. The third kappa shape index (κ3) is 4.22. The normalized spacial score (nSPS) is 19.8. The fourth-order valence-corrected chi connectivity index (χ4v) is 2.96. The fraction of sp³-hybridized carbons (Fsp3) is 1.00. The summed E-state index contributed by atoms with van der Waals surface area (Å²) in [5, 5.41) is 9.65. The first-order valence-electron chi connectivity index (χ1n) is 7.60. The van der Waals surface area contributed by atoms with Gasteiger partial charge in [-0.2, -0.15) is 0 Å². The molecule has 1 saturated carbocycles. The summed E-state index contributed by atoms with van der Waals surface area (Å²) < 4.78 is 0. The predicted octanol–water partition coefficient (Wildman–Crippen LogP) is 2.23. The van der Waals surface area contributed by atoms with Gasteiger partial charge < -0.3 is 10.8 Å². The molecular formula is C15H32N2O. The number of hydrogen-bond donors (Lipinski definition) is 2. The van der Waals surface area contributed by atoms with Crippen LogP contribution in [-0.2, 0) is 0 Å². The summed E-state index contributed by atoms with van der Waals surface area (Å²) in [5.74, 6) is 1.18. The van der Waals surface area contributed by atoms with E-state index < -0.39 is 0 Å². The summed E-state index contributed by atoms with van der Waals surface area (Å²) >= 11 is 0. The maximum atomic E-state index is 9.65. The lowest BCUT2D eigenvalue weighted by Gasteiger charge is -2.39. The van der Waals surface area contributed by atoms with Crippen molar-refractivity contribution in [2.75, 3.05) is 19.7 Å². The van der Waals surface area contributed by atoms with Crippen LogP contribution in [0.4, 0.5) is 0 Å². The average molecular weight is 256 g/mol. The average Bonchev–Trinajstić information content (AvgIpc) is 3.13. The van der Waals surface area contributed by atoms with Gasteiger partial charge in [0.2, 0.25) is 0 Å². The van der Waals surface area contributed by atoms with Gasteiger partial charge >= 0.3 is 0 Å². The standard InChI is InChI=1S/C15H32N2O/c1-5-14(6-2)17(9-12(3)4)10-15(16,11-18)13-7-8-13/h12-14,18H,5-11,16H2,1-4H3. The molecule has 1 aliphatic carbocycles. The van der Waals surface area contributed by atoms with E-state index in [1.807, 2.05) is 0 Å². The molecule has 1 atom stereocenters. The molecule has 3 nitrogen and oxygen atoms in total. The first kappa shape index (κ1) is 15.9. The molecule has 1 rings (SSSR count). The Kier molecular flexibility index (Phi) is 6.09. The van der Waals surface area contributed by atoms with Gasteiger partial charge in [0, 0.05) is 19.1 Å². The molecular weight excluding hydrogens is 224 g/mol. The van der Waals surface area contributed by atoms with E-state index in [1.165, 1.54) is 12.8 Å². The van der Waals surface area contributed by atoms with Crippen LogP contribution in [0.2, 0.25) is 0 Å². The van der Waals surface area contributed by atoms with Gasteiger partial charge in [0.15, 0.2) is 0 Å². The Bertz CT molecular complexity index is 237. The summed E-state index contributed by atoms with van der Waals surface area (Å²) in [5.41, 5.74) is 6.06. The highest BCUT2D eigenvalue weighted by atomic mass is 16.3. The second-order valence-corrected chi connectivity index (χ2v) is 6.46. The lowest BCUT2D eigenvalue weighted by molar-refractivity contribution is 0.0826. The van der Waals surface area contributed by atoms with Gasteiger partial charge in [0.25, 0.3) is 0 Å². The van der Waals surface area contributed by atoms with Crippen LogP contribution in [0.3, 0.4) is 0 Å². The minimum absolute atomic E-state index is 0.117. The van der Waals surface area contributed by atoms with Crippen LogP contribution in [0.1, 0.15) is 53.4 Å². The maximum absolute atomic E-state index is 9.65. The number of hydrogen-bond acceptors (Lipinski definition) is 3. The molecule has 3 heteroatoms. The third-order valence-electron chi connectivity index (χ3n) is 4.24. The Morgan fingerprint density at radius 3 is 2.17 bits per heavy atom. The van der Waals surface area contributed by atoms with Crippen molar-refractivity contribution in [2.24, 2.45) is 17.6 Å². The minimum atomic E-state index is -0.377. The van der Waals surface area contributed by atoms with E-state index in [4.69, 9.17) is 5.73 Å². The Hall–Kier alpha value is -0.120. The molecule has 0 aromatic rings. The number of aliphatic hydroxyl groups excluding tert-OH is 1. The summed E-state index contributed by atoms with van der Waals surface area (Å²) in [6.45, 7) is 11.0. The van der Waals surface area contributed by atoms with E-state index in [0.717, 1.165) is 25.9 Å². The summed E-state index contributed by atoms with van der Waals surface area (Å²) in [6.07, 6.45) is 4.70. The maximum Gasteiger partial charge on any atom is 0.0626 e. The molecule has 0 spiro atoms. The van der Waals surface area contributed by atoms with Crippen LogP contribution in [0.15, 0.2) is 0 Å². The van der Waals surface area contributed by atoms with Crippen LogP contribution >= 0.6 is 0 Å². The largest absolute Gasteiger partial charge is 0.394 e. The van der Waals surface area contributed by atoms with Crippen molar-refractivity contribution in [3.63, 3.8) is 0 Å². The van der Waals surface area contributed by atoms with Crippen molar-refractivity contribution < 1.29 is 5.11 Å². The quantitative estimate of drug-likeness (QED) is 0.665. The van der Waals surface area contributed by atoms with Crippen LogP contribution in [-0.4, -0.2) is 41.3 Å². The van der Waals surface area contributed by atoms with E-state index in [9.17, 15) is 5.11 Å². The molecule has 0 radical (unpaired) electrons. The summed E-state index contributed by atoms with van der Waals surface area (Å²) in [7, 11) is 0. The summed E-state index contributed by atoms with van der Waals surface area (Å²) in [6, 6.07) is 0.598. The Labute approximate surface area is 113 Å². The van der Waals surface area contributed by atoms with Crippen molar-refractivity contribution in [3.05, 3.63) is 0 Å². The first-order valence-corrected chi connectivity index (χ1v) is 7.60. The highest BCUT2D eigenvalue weighted by molar-refractivity contribution is 5.01. The highest BCUT2D eigenvalue weighted by Crippen LogP contribution is 2.39. The third-order valence-corrected chi connectivity index (χ3v) is 4.24. The van der Waals surface area contributed by atoms with Gasteiger partial charge in [-0.05, 0) is 37.5 Å². The molecule has 1 aliphatic rings. The monoisotopic (exact) mass is 256 g/mol. The molecule has 0 aromatic heterocycles. The van der Waals surface area contributed by atoms with Crippen molar-refractivity contribution in [2.45, 2.75) is 65.0 Å². The second-order valence-electron chi connectivity index (χ2n) is 6.46. The van der Waals surface area contributed by atoms with E-state index in [2.05, 4.69) is 32.6 Å². The van der Waals surface area contributed by atoms with Crippen LogP contribution in [0.5, 0.6) is 0 Å². The molecule has 3 N–H and O–H groups in total. The van der Waals surface area contributed by atoms with Crippen molar-refractivity contribution in [3.8, 4) is 0 Å². The fourth-order valence-electron chi connectivity index (χ4n) is 2.96. The smallest absolute Gasteiger partial charge is 0.0626 e. The zero-order valence-electron chi connectivity index (χ0n) is 12.7. The van der Waals surface area contributed by atoms with Crippen LogP contribution in [0, 0.1) is 11.8 Å². The van der Waals surface area contributed by atoms with E-state index in [1.54, 1.807) is 0 Å². The molecule has 0 heterocycles. The number of aliphatic hydroxyl groups is 1.